The molecule has 0 bridgehead atoms. The highest BCUT2D eigenvalue weighted by atomic mass is 16.4. The second kappa shape index (κ2) is 3.19. The molecule has 4 heteroatoms. The maximum absolute atomic E-state index is 8.90. The van der Waals surface area contributed by atoms with Gasteiger partial charge in [-0.05, 0) is 12.1 Å². The van der Waals surface area contributed by atoms with Crippen LogP contribution in [-0.4, -0.2) is 10.2 Å². The van der Waals surface area contributed by atoms with E-state index in [1.807, 2.05) is 0 Å². The second-order valence-electron chi connectivity index (χ2n) is 1.99. The molecule has 0 saturated heterocycles. The molecular formula is C7H7NO3. The molecule has 0 amide bonds. The summed E-state index contributed by atoms with van der Waals surface area (Å²) in [5.74, 6) is 0.505. The van der Waals surface area contributed by atoms with Gasteiger partial charge in [0.15, 0.2) is 6.10 Å². The first-order chi connectivity index (χ1) is 5.27. The van der Waals surface area contributed by atoms with Crippen LogP contribution in [0.15, 0.2) is 16.5 Å². The summed E-state index contributed by atoms with van der Waals surface area (Å²) >= 11 is 0. The molecule has 0 aliphatic carbocycles. The Morgan fingerprint density at radius 2 is 2.36 bits per heavy atom. The molecule has 4 nitrogen and oxygen atoms in total. The third kappa shape index (κ3) is 1.58. The van der Waals surface area contributed by atoms with E-state index in [2.05, 4.69) is 0 Å². The number of furan rings is 1. The Labute approximate surface area is 63.3 Å². The summed E-state index contributed by atoms with van der Waals surface area (Å²) in [5.41, 5.74) is 0. The summed E-state index contributed by atoms with van der Waals surface area (Å²) < 4.78 is 4.86. The number of hydrogen-bond donors (Lipinski definition) is 2. The Bertz CT molecular complexity index is 273. The number of nitrogens with zero attached hydrogens (tertiary/aromatic N) is 1. The molecule has 1 atom stereocenters. The molecule has 0 aliphatic heterocycles. The number of aliphatic hydroxyl groups excluding tert-OH is 2. The minimum Gasteiger partial charge on any atom is -0.460 e. The maximum Gasteiger partial charge on any atom is 0.198 e. The van der Waals surface area contributed by atoms with Crippen LogP contribution in [0.4, 0.5) is 0 Å². The predicted molar refractivity (Wildman–Crippen MR) is 35.2 cm³/mol. The van der Waals surface area contributed by atoms with Crippen LogP contribution in [-0.2, 0) is 6.61 Å². The maximum atomic E-state index is 8.90. The monoisotopic (exact) mass is 153 g/mol. The SMILES string of the molecule is N#C[C@H](O)c1ccc(CO)o1. The fourth-order valence-corrected chi connectivity index (χ4v) is 0.690. The van der Waals surface area contributed by atoms with E-state index in [0.29, 0.717) is 5.76 Å². The van der Waals surface area contributed by atoms with Crippen molar-refractivity contribution in [2.45, 2.75) is 12.7 Å². The van der Waals surface area contributed by atoms with Crippen molar-refractivity contribution in [3.05, 3.63) is 23.7 Å². The molecule has 0 spiro atoms. The van der Waals surface area contributed by atoms with Gasteiger partial charge >= 0.3 is 0 Å². The Kier molecular flexibility index (Phi) is 2.26. The van der Waals surface area contributed by atoms with Crippen LogP contribution < -0.4 is 0 Å². The molecule has 0 aromatic carbocycles. The fraction of sp³-hybridized carbons (Fsp3) is 0.286. The van der Waals surface area contributed by atoms with Gasteiger partial charge in [0.25, 0.3) is 0 Å². The van der Waals surface area contributed by atoms with Crippen LogP contribution in [0.25, 0.3) is 0 Å². The van der Waals surface area contributed by atoms with Crippen molar-refractivity contribution < 1.29 is 14.6 Å². The molecule has 58 valence electrons. The predicted octanol–water partition coefficient (Wildman–Crippen LogP) is 0.329. The highest BCUT2D eigenvalue weighted by molar-refractivity contribution is 5.13. The quantitative estimate of drug-likeness (QED) is 0.600. The van der Waals surface area contributed by atoms with Crippen LogP contribution in [0.1, 0.15) is 17.6 Å². The van der Waals surface area contributed by atoms with Gasteiger partial charge in [0.1, 0.15) is 24.2 Å². The topological polar surface area (TPSA) is 77.4 Å². The smallest absolute Gasteiger partial charge is 0.198 e. The van der Waals surface area contributed by atoms with Crippen LogP contribution >= 0.6 is 0 Å². The zero-order valence-electron chi connectivity index (χ0n) is 5.69. The van der Waals surface area contributed by atoms with Gasteiger partial charge in [-0.25, -0.2) is 0 Å². The highest BCUT2D eigenvalue weighted by Crippen LogP contribution is 2.15. The first-order valence-electron chi connectivity index (χ1n) is 3.05. The lowest BCUT2D eigenvalue weighted by Crippen LogP contribution is -1.89. The van der Waals surface area contributed by atoms with Crippen molar-refractivity contribution in [2.24, 2.45) is 0 Å². The average molecular weight is 153 g/mol. The Morgan fingerprint density at radius 1 is 1.64 bits per heavy atom. The second-order valence-corrected chi connectivity index (χ2v) is 1.99. The zero-order chi connectivity index (χ0) is 8.27. The molecule has 0 saturated carbocycles. The third-order valence-corrected chi connectivity index (χ3v) is 1.23. The van der Waals surface area contributed by atoms with Gasteiger partial charge in [-0.1, -0.05) is 0 Å². The van der Waals surface area contributed by atoms with Crippen LogP contribution in [0, 0.1) is 11.3 Å². The first kappa shape index (κ1) is 7.79. The van der Waals surface area contributed by atoms with E-state index >= 15 is 0 Å². The molecule has 11 heavy (non-hydrogen) atoms. The summed E-state index contributed by atoms with van der Waals surface area (Å²) in [4.78, 5) is 0. The Morgan fingerprint density at radius 3 is 2.82 bits per heavy atom. The van der Waals surface area contributed by atoms with Crippen molar-refractivity contribution >= 4 is 0 Å². The lowest BCUT2D eigenvalue weighted by atomic mass is 10.3. The van der Waals surface area contributed by atoms with Crippen LogP contribution in [0.3, 0.4) is 0 Å². The van der Waals surface area contributed by atoms with Crippen molar-refractivity contribution in [1.29, 1.82) is 5.26 Å². The van der Waals surface area contributed by atoms with Crippen molar-refractivity contribution in [1.82, 2.24) is 0 Å². The highest BCUT2D eigenvalue weighted by Gasteiger charge is 2.09. The van der Waals surface area contributed by atoms with Gasteiger partial charge in [0, 0.05) is 0 Å². The molecule has 0 radical (unpaired) electrons. The van der Waals surface area contributed by atoms with E-state index < -0.39 is 6.10 Å². The molecule has 1 heterocycles. The largest absolute Gasteiger partial charge is 0.460 e. The fourth-order valence-electron chi connectivity index (χ4n) is 0.690. The molecular weight excluding hydrogens is 146 g/mol. The number of aliphatic hydroxyl groups is 2. The average Bonchev–Trinajstić information content (AvgIpc) is 2.50. The molecule has 0 aliphatic rings. The van der Waals surface area contributed by atoms with Gasteiger partial charge < -0.3 is 14.6 Å². The van der Waals surface area contributed by atoms with E-state index in [1.54, 1.807) is 6.07 Å². The number of rotatable bonds is 2. The van der Waals surface area contributed by atoms with E-state index in [0.717, 1.165) is 0 Å². The summed E-state index contributed by atoms with van der Waals surface area (Å²) in [6.07, 6.45) is -1.24. The first-order valence-corrected chi connectivity index (χ1v) is 3.05. The standard InChI is InChI=1S/C7H7NO3/c8-3-6(10)7-2-1-5(4-9)11-7/h1-2,6,9-10H,4H2/t6-/m0/s1. The van der Waals surface area contributed by atoms with E-state index in [1.165, 1.54) is 12.1 Å². The van der Waals surface area contributed by atoms with E-state index in [-0.39, 0.29) is 12.4 Å². The summed E-state index contributed by atoms with van der Waals surface area (Å²) in [6, 6.07) is 4.57. The van der Waals surface area contributed by atoms with Gasteiger partial charge in [-0.15, -0.1) is 0 Å². The van der Waals surface area contributed by atoms with Crippen molar-refractivity contribution in [3.63, 3.8) is 0 Å². The molecule has 0 fully saturated rings. The molecule has 1 aromatic rings. The van der Waals surface area contributed by atoms with Gasteiger partial charge in [0.05, 0.1) is 0 Å². The Hall–Kier alpha value is -1.31. The van der Waals surface area contributed by atoms with Gasteiger partial charge in [-0.2, -0.15) is 5.26 Å². The summed E-state index contributed by atoms with van der Waals surface area (Å²) in [6.45, 7) is -0.224. The number of hydrogen-bond acceptors (Lipinski definition) is 4. The van der Waals surface area contributed by atoms with Crippen molar-refractivity contribution in [3.8, 4) is 6.07 Å². The normalized spacial score (nSPS) is 12.5. The minimum atomic E-state index is -1.24. The lowest BCUT2D eigenvalue weighted by Gasteiger charge is -1.93. The molecule has 2 N–H and O–H groups in total. The molecule has 1 aromatic heterocycles. The van der Waals surface area contributed by atoms with Crippen LogP contribution in [0.2, 0.25) is 0 Å². The Balaban J connectivity index is 2.82. The van der Waals surface area contributed by atoms with E-state index in [4.69, 9.17) is 19.9 Å². The number of nitriles is 1. The molecule has 0 unspecified atom stereocenters. The van der Waals surface area contributed by atoms with Crippen LogP contribution in [0.5, 0.6) is 0 Å². The van der Waals surface area contributed by atoms with Gasteiger partial charge in [-0.3, -0.25) is 0 Å². The lowest BCUT2D eigenvalue weighted by molar-refractivity contribution is 0.188. The molecule has 1 rings (SSSR count). The third-order valence-electron chi connectivity index (χ3n) is 1.23. The zero-order valence-corrected chi connectivity index (χ0v) is 5.69. The van der Waals surface area contributed by atoms with E-state index in [9.17, 15) is 0 Å². The summed E-state index contributed by atoms with van der Waals surface area (Å²) in [5, 5.41) is 25.7. The minimum absolute atomic E-state index is 0.163. The summed E-state index contributed by atoms with van der Waals surface area (Å²) in [7, 11) is 0. The van der Waals surface area contributed by atoms with Gasteiger partial charge in [0.2, 0.25) is 0 Å². The van der Waals surface area contributed by atoms with Crippen molar-refractivity contribution in [2.75, 3.05) is 0 Å².